The Kier molecular flexibility index (Phi) is 4.88. The van der Waals surface area contributed by atoms with E-state index in [-0.39, 0.29) is 11.3 Å². The summed E-state index contributed by atoms with van der Waals surface area (Å²) in [5, 5.41) is 5.53. The van der Waals surface area contributed by atoms with Crippen LogP contribution in [0, 0.1) is 0 Å². The van der Waals surface area contributed by atoms with Crippen molar-refractivity contribution in [3.05, 3.63) is 33.5 Å². The molecule has 2 aromatic heterocycles. The van der Waals surface area contributed by atoms with Gasteiger partial charge in [-0.15, -0.1) is 11.3 Å². The maximum absolute atomic E-state index is 12.4. The van der Waals surface area contributed by atoms with Gasteiger partial charge in [0.1, 0.15) is 5.69 Å². The fraction of sp³-hybridized carbons (Fsp3) is 0.467. The summed E-state index contributed by atoms with van der Waals surface area (Å²) in [7, 11) is 0. The quantitative estimate of drug-likeness (QED) is 0.850. The van der Waals surface area contributed by atoms with Gasteiger partial charge in [0.25, 0.3) is 5.91 Å². The van der Waals surface area contributed by atoms with Crippen LogP contribution in [0.3, 0.4) is 0 Å². The zero-order valence-electron chi connectivity index (χ0n) is 12.7. The number of nitrogens with zero attached hydrogens (tertiary/aromatic N) is 2. The molecule has 0 atom stereocenters. The summed E-state index contributed by atoms with van der Waals surface area (Å²) in [5.41, 5.74) is 1.63. The van der Waals surface area contributed by atoms with Crippen LogP contribution in [0.2, 0.25) is 0 Å². The number of aryl methyl sites for hydroxylation is 1. The van der Waals surface area contributed by atoms with Crippen LogP contribution in [0.1, 0.15) is 50.3 Å². The van der Waals surface area contributed by atoms with E-state index in [0.29, 0.717) is 10.8 Å². The first-order chi connectivity index (χ1) is 9.81. The molecule has 0 aliphatic heterocycles. The molecular weight excluding hydrogens is 350 g/mol. The number of thiazole rings is 1. The van der Waals surface area contributed by atoms with Gasteiger partial charge < -0.3 is 4.57 Å². The molecule has 0 aromatic carbocycles. The van der Waals surface area contributed by atoms with Crippen LogP contribution in [0.5, 0.6) is 0 Å². The Morgan fingerprint density at radius 1 is 1.48 bits per heavy atom. The summed E-state index contributed by atoms with van der Waals surface area (Å²) in [4.78, 5) is 16.9. The Hall–Kier alpha value is -1.14. The number of carbonyl (C=O) groups excluding carboxylic acids is 1. The SMILES string of the molecule is CCCn1cc(Br)cc1C(=O)Nc1nc(C(C)(C)C)cs1. The van der Waals surface area contributed by atoms with E-state index >= 15 is 0 Å². The van der Waals surface area contributed by atoms with Crippen LogP contribution >= 0.6 is 27.3 Å². The second-order valence-electron chi connectivity index (χ2n) is 5.98. The second-order valence-corrected chi connectivity index (χ2v) is 7.75. The molecule has 0 bridgehead atoms. The summed E-state index contributed by atoms with van der Waals surface area (Å²) in [5.74, 6) is -0.121. The molecule has 0 unspecified atom stereocenters. The minimum atomic E-state index is -0.121. The molecule has 0 saturated carbocycles. The Morgan fingerprint density at radius 2 is 2.19 bits per heavy atom. The van der Waals surface area contributed by atoms with Gasteiger partial charge in [0.05, 0.1) is 5.69 Å². The average Bonchev–Trinajstić information content (AvgIpc) is 2.96. The molecule has 4 nitrogen and oxygen atoms in total. The van der Waals surface area contributed by atoms with Gasteiger partial charge in [0.2, 0.25) is 0 Å². The number of anilines is 1. The molecule has 0 aliphatic carbocycles. The lowest BCUT2D eigenvalue weighted by Crippen LogP contribution is -2.17. The van der Waals surface area contributed by atoms with E-state index in [9.17, 15) is 4.79 Å². The van der Waals surface area contributed by atoms with Gasteiger partial charge in [-0.3, -0.25) is 10.1 Å². The van der Waals surface area contributed by atoms with E-state index in [1.165, 1.54) is 11.3 Å². The van der Waals surface area contributed by atoms with Crippen molar-refractivity contribution < 1.29 is 4.79 Å². The molecule has 0 fully saturated rings. The van der Waals surface area contributed by atoms with Crippen LogP contribution in [-0.4, -0.2) is 15.5 Å². The number of hydrogen-bond acceptors (Lipinski definition) is 3. The van der Waals surface area contributed by atoms with Crippen LogP contribution in [0.25, 0.3) is 0 Å². The van der Waals surface area contributed by atoms with Gasteiger partial charge >= 0.3 is 0 Å². The molecule has 114 valence electrons. The molecule has 0 radical (unpaired) electrons. The minimum absolute atomic E-state index is 0.00899. The number of rotatable bonds is 4. The third-order valence-corrected chi connectivity index (χ3v) is 4.24. The number of nitrogens with one attached hydrogen (secondary N) is 1. The van der Waals surface area contributed by atoms with Gasteiger partial charge in [-0.1, -0.05) is 27.7 Å². The number of carbonyl (C=O) groups is 1. The molecule has 2 rings (SSSR count). The second kappa shape index (κ2) is 6.32. The first-order valence-electron chi connectivity index (χ1n) is 6.94. The van der Waals surface area contributed by atoms with E-state index in [1.54, 1.807) is 0 Å². The van der Waals surface area contributed by atoms with E-state index in [2.05, 4.69) is 53.9 Å². The molecular formula is C15H20BrN3OS. The van der Waals surface area contributed by atoms with Gasteiger partial charge in [-0.25, -0.2) is 4.98 Å². The molecule has 2 aromatic rings. The molecule has 2 heterocycles. The van der Waals surface area contributed by atoms with Crippen molar-refractivity contribution in [2.45, 2.75) is 46.1 Å². The Bertz CT molecular complexity index is 640. The van der Waals surface area contributed by atoms with E-state index in [0.717, 1.165) is 23.1 Å². The highest BCUT2D eigenvalue weighted by molar-refractivity contribution is 9.10. The molecule has 0 saturated heterocycles. The predicted molar refractivity (Wildman–Crippen MR) is 91.2 cm³/mol. The van der Waals surface area contributed by atoms with Crippen LogP contribution in [0.15, 0.2) is 22.1 Å². The Morgan fingerprint density at radius 3 is 2.76 bits per heavy atom. The highest BCUT2D eigenvalue weighted by atomic mass is 79.9. The van der Waals surface area contributed by atoms with E-state index in [1.807, 2.05) is 22.2 Å². The molecule has 6 heteroatoms. The van der Waals surface area contributed by atoms with Crippen LogP contribution in [0.4, 0.5) is 5.13 Å². The van der Waals surface area contributed by atoms with Crippen molar-refractivity contribution in [1.29, 1.82) is 0 Å². The fourth-order valence-electron chi connectivity index (χ4n) is 1.93. The number of halogens is 1. The van der Waals surface area contributed by atoms with Crippen LogP contribution < -0.4 is 5.32 Å². The van der Waals surface area contributed by atoms with Crippen molar-refractivity contribution in [2.24, 2.45) is 0 Å². The lowest BCUT2D eigenvalue weighted by molar-refractivity contribution is 0.101. The maximum Gasteiger partial charge on any atom is 0.274 e. The largest absolute Gasteiger partial charge is 0.342 e. The lowest BCUT2D eigenvalue weighted by Gasteiger charge is -2.14. The van der Waals surface area contributed by atoms with Gasteiger partial charge in [0.15, 0.2) is 5.13 Å². The topological polar surface area (TPSA) is 46.9 Å². The molecule has 1 amide bonds. The highest BCUT2D eigenvalue weighted by Gasteiger charge is 2.19. The summed E-state index contributed by atoms with van der Waals surface area (Å²) in [6.07, 6.45) is 2.91. The highest BCUT2D eigenvalue weighted by Crippen LogP contribution is 2.27. The fourth-order valence-corrected chi connectivity index (χ4v) is 3.32. The smallest absolute Gasteiger partial charge is 0.274 e. The minimum Gasteiger partial charge on any atom is -0.342 e. The lowest BCUT2D eigenvalue weighted by atomic mass is 9.93. The van der Waals surface area contributed by atoms with Crippen LogP contribution in [-0.2, 0) is 12.0 Å². The molecule has 1 N–H and O–H groups in total. The normalized spacial score (nSPS) is 11.7. The summed E-state index contributed by atoms with van der Waals surface area (Å²) in [6.45, 7) is 9.23. The van der Waals surface area contributed by atoms with Crippen molar-refractivity contribution >= 4 is 38.3 Å². The molecule has 0 aliphatic rings. The first-order valence-corrected chi connectivity index (χ1v) is 8.61. The van der Waals surface area contributed by atoms with E-state index in [4.69, 9.17) is 0 Å². The van der Waals surface area contributed by atoms with Gasteiger partial charge in [-0.2, -0.15) is 0 Å². The number of amides is 1. The first kappa shape index (κ1) is 16.2. The van der Waals surface area contributed by atoms with Gasteiger partial charge in [0, 0.05) is 28.0 Å². The monoisotopic (exact) mass is 369 g/mol. The summed E-state index contributed by atoms with van der Waals surface area (Å²) in [6, 6.07) is 1.84. The van der Waals surface area contributed by atoms with Crippen molar-refractivity contribution in [3.8, 4) is 0 Å². The van der Waals surface area contributed by atoms with Crippen molar-refractivity contribution in [1.82, 2.24) is 9.55 Å². The summed E-state index contributed by atoms with van der Waals surface area (Å²) < 4.78 is 2.87. The van der Waals surface area contributed by atoms with E-state index < -0.39 is 0 Å². The molecule has 0 spiro atoms. The van der Waals surface area contributed by atoms with Gasteiger partial charge in [-0.05, 0) is 28.4 Å². The summed E-state index contributed by atoms with van der Waals surface area (Å²) >= 11 is 4.88. The average molecular weight is 370 g/mol. The Labute approximate surface area is 137 Å². The number of aromatic nitrogens is 2. The predicted octanol–water partition coefficient (Wildman–Crippen LogP) is 4.67. The maximum atomic E-state index is 12.4. The van der Waals surface area contributed by atoms with Crippen molar-refractivity contribution in [3.63, 3.8) is 0 Å². The zero-order chi connectivity index (χ0) is 15.6. The Balaban J connectivity index is 2.16. The third kappa shape index (κ3) is 3.95. The molecule has 21 heavy (non-hydrogen) atoms. The third-order valence-electron chi connectivity index (χ3n) is 3.05. The zero-order valence-corrected chi connectivity index (χ0v) is 15.1. The standard InChI is InChI=1S/C15H20BrN3OS/c1-5-6-19-8-10(16)7-11(19)13(20)18-14-17-12(9-21-14)15(2,3)4/h7-9H,5-6H2,1-4H3,(H,17,18,20). The van der Waals surface area contributed by atoms with Crippen molar-refractivity contribution in [2.75, 3.05) is 5.32 Å². The number of hydrogen-bond donors (Lipinski definition) is 1.